The van der Waals surface area contributed by atoms with Crippen molar-refractivity contribution in [1.82, 2.24) is 0 Å². The molecule has 2 aromatic rings. The first-order valence-electron chi connectivity index (χ1n) is 5.82. The smallest absolute Gasteiger partial charge is 0.165 e. The molecule has 0 saturated heterocycles. The molecule has 0 atom stereocenters. The Balaban J connectivity index is 2.31. The third-order valence-electron chi connectivity index (χ3n) is 2.78. The maximum absolute atomic E-state index is 13.6. The van der Waals surface area contributed by atoms with Gasteiger partial charge in [0.05, 0.1) is 0 Å². The molecule has 2 N–H and O–H groups in total. The number of aryl methyl sites for hydroxylation is 2. The first-order valence-corrected chi connectivity index (χ1v) is 6.22. The van der Waals surface area contributed by atoms with Gasteiger partial charge in [0.15, 0.2) is 11.6 Å². The van der Waals surface area contributed by atoms with Crippen LogP contribution in [0.25, 0.3) is 0 Å². The van der Waals surface area contributed by atoms with Crippen LogP contribution in [0.5, 0.6) is 11.5 Å². The average molecular weight is 275 g/mol. The molecule has 0 spiro atoms. The van der Waals surface area contributed by atoms with Gasteiger partial charge in [-0.15, -0.1) is 0 Å². The summed E-state index contributed by atoms with van der Waals surface area (Å²) >= 11 is 4.94. The summed E-state index contributed by atoms with van der Waals surface area (Å²) in [7, 11) is 0. The van der Waals surface area contributed by atoms with Crippen molar-refractivity contribution in [1.29, 1.82) is 0 Å². The molecule has 4 heteroatoms. The van der Waals surface area contributed by atoms with E-state index in [0.717, 1.165) is 16.7 Å². The van der Waals surface area contributed by atoms with Crippen molar-refractivity contribution in [3.8, 4) is 11.5 Å². The molecule has 0 radical (unpaired) electrons. The van der Waals surface area contributed by atoms with E-state index in [-0.39, 0.29) is 11.6 Å². The van der Waals surface area contributed by atoms with Gasteiger partial charge in [-0.05, 0) is 55.3 Å². The SMILES string of the molecule is Cc1ccc(F)c(Oc2ccc(C(N)=S)c(C)c2)c1. The van der Waals surface area contributed by atoms with Crippen LogP contribution >= 0.6 is 12.2 Å². The molecule has 2 aromatic carbocycles. The van der Waals surface area contributed by atoms with E-state index in [2.05, 4.69) is 0 Å². The van der Waals surface area contributed by atoms with Crippen molar-refractivity contribution in [2.24, 2.45) is 5.73 Å². The van der Waals surface area contributed by atoms with E-state index >= 15 is 0 Å². The Hall–Kier alpha value is -1.94. The lowest BCUT2D eigenvalue weighted by molar-refractivity contribution is 0.441. The van der Waals surface area contributed by atoms with E-state index in [1.807, 2.05) is 13.8 Å². The van der Waals surface area contributed by atoms with E-state index < -0.39 is 0 Å². The molecule has 0 fully saturated rings. The lowest BCUT2D eigenvalue weighted by Gasteiger charge is -2.10. The van der Waals surface area contributed by atoms with Gasteiger partial charge in [0.2, 0.25) is 0 Å². The van der Waals surface area contributed by atoms with Gasteiger partial charge in [0, 0.05) is 5.56 Å². The van der Waals surface area contributed by atoms with Gasteiger partial charge >= 0.3 is 0 Å². The molecule has 19 heavy (non-hydrogen) atoms. The fourth-order valence-corrected chi connectivity index (χ4v) is 2.02. The Kier molecular flexibility index (Phi) is 3.81. The lowest BCUT2D eigenvalue weighted by atomic mass is 10.1. The maximum atomic E-state index is 13.6. The Labute approximate surface area is 117 Å². The molecule has 98 valence electrons. The molecular weight excluding hydrogens is 261 g/mol. The van der Waals surface area contributed by atoms with Crippen LogP contribution in [0, 0.1) is 19.7 Å². The van der Waals surface area contributed by atoms with Crippen LogP contribution in [-0.4, -0.2) is 4.99 Å². The van der Waals surface area contributed by atoms with Crippen molar-refractivity contribution in [3.63, 3.8) is 0 Å². The van der Waals surface area contributed by atoms with Crippen molar-refractivity contribution in [3.05, 3.63) is 58.9 Å². The summed E-state index contributed by atoms with van der Waals surface area (Å²) in [6, 6.07) is 10.0. The molecule has 0 aliphatic heterocycles. The van der Waals surface area contributed by atoms with Gasteiger partial charge in [-0.2, -0.15) is 0 Å². The molecule has 2 rings (SSSR count). The van der Waals surface area contributed by atoms with Gasteiger partial charge < -0.3 is 10.5 Å². The van der Waals surface area contributed by atoms with Gasteiger partial charge in [0.1, 0.15) is 10.7 Å². The molecule has 0 aliphatic carbocycles. The highest BCUT2D eigenvalue weighted by Gasteiger charge is 2.07. The van der Waals surface area contributed by atoms with Crippen LogP contribution in [0.1, 0.15) is 16.7 Å². The van der Waals surface area contributed by atoms with E-state index in [9.17, 15) is 4.39 Å². The number of halogens is 1. The largest absolute Gasteiger partial charge is 0.454 e. The van der Waals surface area contributed by atoms with Crippen molar-refractivity contribution < 1.29 is 9.13 Å². The molecule has 0 unspecified atom stereocenters. The minimum absolute atomic E-state index is 0.211. The molecule has 0 bridgehead atoms. The summed E-state index contributed by atoms with van der Waals surface area (Å²) in [5, 5.41) is 0. The standard InChI is InChI=1S/C15H14FNOS/c1-9-3-6-13(16)14(7-9)18-11-4-5-12(15(17)19)10(2)8-11/h3-8H,1-2H3,(H2,17,19). The maximum Gasteiger partial charge on any atom is 0.165 e. The number of hydrogen-bond donors (Lipinski definition) is 1. The van der Waals surface area contributed by atoms with Gasteiger partial charge in [-0.3, -0.25) is 0 Å². The predicted octanol–water partition coefficient (Wildman–Crippen LogP) is 3.87. The molecule has 0 aliphatic rings. The number of nitrogens with two attached hydrogens (primary N) is 1. The van der Waals surface area contributed by atoms with Crippen LogP contribution < -0.4 is 10.5 Å². The quantitative estimate of drug-likeness (QED) is 0.864. The Morgan fingerprint density at radius 2 is 1.89 bits per heavy atom. The van der Waals surface area contributed by atoms with Crippen LogP contribution in [0.3, 0.4) is 0 Å². The highest BCUT2D eigenvalue weighted by Crippen LogP contribution is 2.27. The second-order valence-corrected chi connectivity index (χ2v) is 4.82. The Morgan fingerprint density at radius 3 is 2.53 bits per heavy atom. The molecule has 2 nitrogen and oxygen atoms in total. The molecule has 0 aromatic heterocycles. The monoisotopic (exact) mass is 275 g/mol. The van der Waals surface area contributed by atoms with E-state index in [1.165, 1.54) is 6.07 Å². The summed E-state index contributed by atoms with van der Waals surface area (Å²) in [4.78, 5) is 0.339. The van der Waals surface area contributed by atoms with Crippen molar-refractivity contribution in [2.75, 3.05) is 0 Å². The van der Waals surface area contributed by atoms with E-state index in [0.29, 0.717) is 10.7 Å². The number of thiocarbonyl (C=S) groups is 1. The summed E-state index contributed by atoms with van der Waals surface area (Å²) in [6.07, 6.45) is 0. The fraction of sp³-hybridized carbons (Fsp3) is 0.133. The van der Waals surface area contributed by atoms with Crippen molar-refractivity contribution in [2.45, 2.75) is 13.8 Å². The predicted molar refractivity (Wildman–Crippen MR) is 78.3 cm³/mol. The molecule has 0 amide bonds. The zero-order chi connectivity index (χ0) is 14.0. The van der Waals surface area contributed by atoms with Gasteiger partial charge in [0.25, 0.3) is 0 Å². The summed E-state index contributed by atoms with van der Waals surface area (Å²) in [6.45, 7) is 3.77. The van der Waals surface area contributed by atoms with Crippen LogP contribution in [0.4, 0.5) is 4.39 Å². The Morgan fingerprint density at radius 1 is 1.16 bits per heavy atom. The number of benzene rings is 2. The van der Waals surface area contributed by atoms with Gasteiger partial charge in [-0.25, -0.2) is 4.39 Å². The Bertz CT molecular complexity index is 640. The second kappa shape index (κ2) is 5.36. The normalized spacial score (nSPS) is 10.3. The zero-order valence-electron chi connectivity index (χ0n) is 10.7. The highest BCUT2D eigenvalue weighted by molar-refractivity contribution is 7.80. The fourth-order valence-electron chi connectivity index (χ4n) is 1.79. The van der Waals surface area contributed by atoms with E-state index in [4.69, 9.17) is 22.7 Å². The summed E-state index contributed by atoms with van der Waals surface area (Å²) in [5.41, 5.74) is 8.23. The topological polar surface area (TPSA) is 35.2 Å². The highest BCUT2D eigenvalue weighted by atomic mass is 32.1. The minimum Gasteiger partial charge on any atom is -0.454 e. The average Bonchev–Trinajstić information content (AvgIpc) is 2.33. The molecule has 0 saturated carbocycles. The third-order valence-corrected chi connectivity index (χ3v) is 3.00. The molecular formula is C15H14FNOS. The van der Waals surface area contributed by atoms with Crippen LogP contribution in [0.2, 0.25) is 0 Å². The zero-order valence-corrected chi connectivity index (χ0v) is 11.6. The van der Waals surface area contributed by atoms with E-state index in [1.54, 1.807) is 30.3 Å². The number of ether oxygens (including phenoxy) is 1. The lowest BCUT2D eigenvalue weighted by Crippen LogP contribution is -2.10. The molecule has 0 heterocycles. The van der Waals surface area contributed by atoms with Crippen LogP contribution in [-0.2, 0) is 0 Å². The number of rotatable bonds is 3. The first kappa shape index (κ1) is 13.5. The minimum atomic E-state index is -0.387. The first-order chi connectivity index (χ1) is 8.97. The third kappa shape index (κ3) is 3.09. The van der Waals surface area contributed by atoms with Crippen molar-refractivity contribution >= 4 is 17.2 Å². The van der Waals surface area contributed by atoms with Gasteiger partial charge in [-0.1, -0.05) is 18.3 Å². The summed E-state index contributed by atoms with van der Waals surface area (Å²) < 4.78 is 19.1. The second-order valence-electron chi connectivity index (χ2n) is 4.38. The van der Waals surface area contributed by atoms with Crippen LogP contribution in [0.15, 0.2) is 36.4 Å². The summed E-state index contributed by atoms with van der Waals surface area (Å²) in [5.74, 6) is 0.381. The number of hydrogen-bond acceptors (Lipinski definition) is 2.